The van der Waals surface area contributed by atoms with E-state index in [9.17, 15) is 9.59 Å². The summed E-state index contributed by atoms with van der Waals surface area (Å²) in [5.41, 5.74) is 1.24. The molecule has 3 heterocycles. The number of nitrogens with zero attached hydrogens (tertiary/aromatic N) is 5. The van der Waals surface area contributed by atoms with Gasteiger partial charge in [-0.1, -0.05) is 19.8 Å². The first-order valence-electron chi connectivity index (χ1n) is 12.7. The number of tetrazole rings is 1. The van der Waals surface area contributed by atoms with Crippen LogP contribution >= 0.6 is 0 Å². The van der Waals surface area contributed by atoms with Crippen molar-refractivity contribution in [3.8, 4) is 11.5 Å². The molecule has 0 unspecified atom stereocenters. The molecule has 1 fully saturated rings. The van der Waals surface area contributed by atoms with E-state index in [2.05, 4.69) is 32.3 Å². The second kappa shape index (κ2) is 10.7. The average molecular weight is 497 g/mol. The summed E-state index contributed by atoms with van der Waals surface area (Å²) in [7, 11) is 0. The number of rotatable bonds is 9. The normalized spacial score (nSPS) is 16.5. The van der Waals surface area contributed by atoms with Crippen molar-refractivity contribution in [1.29, 1.82) is 0 Å². The van der Waals surface area contributed by atoms with E-state index in [-0.39, 0.29) is 30.2 Å². The summed E-state index contributed by atoms with van der Waals surface area (Å²) in [4.78, 5) is 30.7. The number of hydrogen-bond donors (Lipinski definition) is 1. The number of esters is 1. The number of aromatic nitrogens is 5. The Balaban J connectivity index is 1.48. The van der Waals surface area contributed by atoms with Crippen molar-refractivity contribution in [3.05, 3.63) is 39.9 Å². The van der Waals surface area contributed by atoms with Gasteiger partial charge >= 0.3 is 5.97 Å². The molecule has 2 aliphatic rings. The van der Waals surface area contributed by atoms with Gasteiger partial charge in [0, 0.05) is 29.6 Å². The molecular formula is C25H32N6O5. The highest BCUT2D eigenvalue weighted by Gasteiger charge is 2.33. The third-order valence-corrected chi connectivity index (χ3v) is 6.96. The minimum Gasteiger partial charge on any atom is -0.486 e. The van der Waals surface area contributed by atoms with Crippen LogP contribution in [0.3, 0.4) is 0 Å². The quantitative estimate of drug-likeness (QED) is 0.445. The van der Waals surface area contributed by atoms with Crippen LogP contribution in [0.15, 0.2) is 23.0 Å². The lowest BCUT2D eigenvalue weighted by Gasteiger charge is -2.35. The Kier molecular flexibility index (Phi) is 7.17. The fraction of sp³-hybridized carbons (Fsp3) is 0.560. The maximum absolute atomic E-state index is 13.2. The van der Waals surface area contributed by atoms with Gasteiger partial charge in [0.25, 0.3) is 5.56 Å². The molecular weight excluding hydrogens is 464 g/mol. The van der Waals surface area contributed by atoms with E-state index in [4.69, 9.17) is 14.2 Å². The number of nitrogens with one attached hydrogen (secondary N) is 1. The first kappa shape index (κ1) is 24.2. The van der Waals surface area contributed by atoms with Crippen LogP contribution in [0.5, 0.6) is 11.5 Å². The lowest BCUT2D eigenvalue weighted by Crippen LogP contribution is -2.39. The summed E-state index contributed by atoms with van der Waals surface area (Å²) in [5.74, 6) is 1.55. The summed E-state index contributed by atoms with van der Waals surface area (Å²) in [6, 6.07) is 5.80. The van der Waals surface area contributed by atoms with Crippen molar-refractivity contribution < 1.29 is 19.0 Å². The first-order chi connectivity index (χ1) is 17.6. The van der Waals surface area contributed by atoms with Crippen molar-refractivity contribution in [2.75, 3.05) is 19.8 Å². The summed E-state index contributed by atoms with van der Waals surface area (Å²) in [6.07, 6.45) is 5.09. The summed E-state index contributed by atoms with van der Waals surface area (Å²) >= 11 is 0. The third-order valence-electron chi connectivity index (χ3n) is 6.96. The Morgan fingerprint density at radius 2 is 1.94 bits per heavy atom. The van der Waals surface area contributed by atoms with Gasteiger partial charge in [0.05, 0.1) is 18.2 Å². The number of pyridine rings is 1. The molecule has 5 rings (SSSR count). The van der Waals surface area contributed by atoms with E-state index < -0.39 is 0 Å². The molecule has 0 radical (unpaired) electrons. The predicted octanol–water partition coefficient (Wildman–Crippen LogP) is 2.74. The number of ether oxygens (including phenoxy) is 3. The summed E-state index contributed by atoms with van der Waals surface area (Å²) < 4.78 is 18.0. The highest BCUT2D eigenvalue weighted by atomic mass is 16.6. The Bertz CT molecular complexity index is 1280. The maximum atomic E-state index is 13.2. The molecule has 0 bridgehead atoms. The number of aromatic amines is 1. The van der Waals surface area contributed by atoms with E-state index in [1.807, 2.05) is 18.2 Å². The minimum atomic E-state index is -0.381. The minimum absolute atomic E-state index is 0.0467. The monoisotopic (exact) mass is 496 g/mol. The number of benzene rings is 1. The van der Waals surface area contributed by atoms with Crippen molar-refractivity contribution >= 4 is 16.9 Å². The second-order valence-electron chi connectivity index (χ2n) is 9.24. The van der Waals surface area contributed by atoms with Crippen LogP contribution in [-0.2, 0) is 22.6 Å². The van der Waals surface area contributed by atoms with Gasteiger partial charge in [-0.2, -0.15) is 0 Å². The molecule has 192 valence electrons. The van der Waals surface area contributed by atoms with Gasteiger partial charge in [-0.15, -0.1) is 5.10 Å². The number of H-pyrrole nitrogens is 1. The van der Waals surface area contributed by atoms with E-state index in [0.717, 1.165) is 37.5 Å². The zero-order valence-corrected chi connectivity index (χ0v) is 20.7. The zero-order valence-electron chi connectivity index (χ0n) is 20.7. The van der Waals surface area contributed by atoms with Crippen LogP contribution in [0, 0.1) is 0 Å². The largest absolute Gasteiger partial charge is 0.486 e. The number of hydrogen-bond acceptors (Lipinski definition) is 9. The molecule has 1 N–H and O–H groups in total. The maximum Gasteiger partial charge on any atom is 0.327 e. The Morgan fingerprint density at radius 3 is 2.67 bits per heavy atom. The standard InChI is InChI=1S/C25H32N6O5/c1-3-20(24-27-28-29-31(24)15-23(32)34-4-2)30(18-7-5-6-8-18)14-17-11-16-12-21-22(36-10-9-35-21)13-19(16)26-25(17)33/h11-13,18,20H,3-10,14-15H2,1-2H3,(H,26,33)/t20-/m1/s1. The summed E-state index contributed by atoms with van der Waals surface area (Å²) in [6.45, 7) is 5.53. The second-order valence-corrected chi connectivity index (χ2v) is 9.24. The SMILES string of the molecule is CCOC(=O)Cn1nnnc1[C@@H](CC)N(Cc1cc2cc3c(cc2[nH]c1=O)OCCO3)C1CCCC1. The van der Waals surface area contributed by atoms with Crippen LogP contribution < -0.4 is 15.0 Å². The molecule has 1 aromatic carbocycles. The highest BCUT2D eigenvalue weighted by Crippen LogP contribution is 2.35. The van der Waals surface area contributed by atoms with Crippen molar-refractivity contribution in [1.82, 2.24) is 30.1 Å². The van der Waals surface area contributed by atoms with Gasteiger partial charge in [-0.05, 0) is 48.7 Å². The first-order valence-corrected chi connectivity index (χ1v) is 12.7. The van der Waals surface area contributed by atoms with Gasteiger partial charge in [0.15, 0.2) is 17.3 Å². The number of carbonyl (C=O) groups excluding carboxylic acids is 1. The van der Waals surface area contributed by atoms with Crippen LogP contribution in [0.4, 0.5) is 0 Å². The van der Waals surface area contributed by atoms with Gasteiger partial charge in [-0.3, -0.25) is 14.5 Å². The van der Waals surface area contributed by atoms with E-state index in [1.54, 1.807) is 6.92 Å². The fourth-order valence-corrected chi connectivity index (χ4v) is 5.29. The van der Waals surface area contributed by atoms with Gasteiger partial charge in [0.1, 0.15) is 19.8 Å². The van der Waals surface area contributed by atoms with Crippen LogP contribution in [0.25, 0.3) is 10.9 Å². The highest BCUT2D eigenvalue weighted by molar-refractivity contribution is 5.83. The molecule has 2 aromatic heterocycles. The molecule has 0 saturated heterocycles. The Hall–Kier alpha value is -3.47. The van der Waals surface area contributed by atoms with Crippen molar-refractivity contribution in [2.24, 2.45) is 0 Å². The van der Waals surface area contributed by atoms with Crippen molar-refractivity contribution in [3.63, 3.8) is 0 Å². The van der Waals surface area contributed by atoms with E-state index >= 15 is 0 Å². The number of fused-ring (bicyclic) bond motifs is 2. The topological polar surface area (TPSA) is 124 Å². The smallest absolute Gasteiger partial charge is 0.327 e. The van der Waals surface area contributed by atoms with Crippen LogP contribution in [-0.4, -0.2) is 61.9 Å². The van der Waals surface area contributed by atoms with E-state index in [1.165, 1.54) is 4.68 Å². The molecule has 11 nitrogen and oxygen atoms in total. The lowest BCUT2D eigenvalue weighted by molar-refractivity contribution is -0.144. The molecule has 36 heavy (non-hydrogen) atoms. The molecule has 0 amide bonds. The molecule has 11 heteroatoms. The van der Waals surface area contributed by atoms with Crippen molar-refractivity contribution in [2.45, 2.75) is 71.1 Å². The molecule has 3 aromatic rings. The molecule has 1 aliphatic heterocycles. The average Bonchev–Trinajstić information content (AvgIpc) is 3.56. The predicted molar refractivity (Wildman–Crippen MR) is 131 cm³/mol. The Morgan fingerprint density at radius 1 is 1.19 bits per heavy atom. The molecule has 1 saturated carbocycles. The number of carbonyl (C=O) groups is 1. The zero-order chi connectivity index (χ0) is 25.1. The molecule has 1 atom stereocenters. The van der Waals surface area contributed by atoms with Gasteiger partial charge < -0.3 is 19.2 Å². The summed E-state index contributed by atoms with van der Waals surface area (Å²) in [5, 5.41) is 13.1. The molecule has 0 spiro atoms. The van der Waals surface area contributed by atoms with Gasteiger partial charge in [0.2, 0.25) is 0 Å². The van der Waals surface area contributed by atoms with Crippen LogP contribution in [0.2, 0.25) is 0 Å². The lowest BCUT2D eigenvalue weighted by atomic mass is 10.0. The third kappa shape index (κ3) is 4.92. The van der Waals surface area contributed by atoms with Gasteiger partial charge in [-0.25, -0.2) is 4.68 Å². The van der Waals surface area contributed by atoms with Crippen LogP contribution in [0.1, 0.15) is 63.4 Å². The molecule has 1 aliphatic carbocycles. The van der Waals surface area contributed by atoms with E-state index in [0.29, 0.717) is 54.8 Å². The Labute approximate surface area is 208 Å². The fourth-order valence-electron chi connectivity index (χ4n) is 5.29.